The summed E-state index contributed by atoms with van der Waals surface area (Å²) in [6.45, 7) is 9.37. The highest BCUT2D eigenvalue weighted by molar-refractivity contribution is 6.11. The first-order valence-electron chi connectivity index (χ1n) is 12.0. The molecule has 2 heterocycles. The standard InChI is InChI=1S/C29H28N2O5/c1-16-23(28(17(2)32)36-29(3,4)5)25(19-8-6-7-9-20(19)27(16)31(33)34)21-10-11-22-24-18(13-15-35-22)12-14-30-26(21)24/h6-12,14,28H,13,15H2,1-5H3/t28-/m1/s1. The average Bonchev–Trinajstić information content (AvgIpc) is 2.82. The fourth-order valence-electron chi connectivity index (χ4n) is 5.23. The second kappa shape index (κ2) is 8.68. The summed E-state index contributed by atoms with van der Waals surface area (Å²) in [5.74, 6) is 0.541. The first kappa shape index (κ1) is 23.9. The number of pyridine rings is 1. The molecule has 0 unspecified atom stereocenters. The van der Waals surface area contributed by atoms with Crippen LogP contribution in [0.3, 0.4) is 0 Å². The zero-order valence-corrected chi connectivity index (χ0v) is 21.0. The fourth-order valence-corrected chi connectivity index (χ4v) is 5.23. The average molecular weight is 485 g/mol. The van der Waals surface area contributed by atoms with Crippen LogP contribution in [0.15, 0.2) is 48.7 Å². The number of ketones is 1. The maximum absolute atomic E-state index is 13.1. The Morgan fingerprint density at radius 2 is 1.86 bits per heavy atom. The summed E-state index contributed by atoms with van der Waals surface area (Å²) in [7, 11) is 0. The zero-order valence-electron chi connectivity index (χ0n) is 21.0. The molecule has 1 aliphatic rings. The van der Waals surface area contributed by atoms with Gasteiger partial charge >= 0.3 is 0 Å². The summed E-state index contributed by atoms with van der Waals surface area (Å²) in [5.41, 5.74) is 3.62. The molecule has 0 amide bonds. The van der Waals surface area contributed by atoms with Gasteiger partial charge in [-0.25, -0.2) is 0 Å². The van der Waals surface area contributed by atoms with Gasteiger partial charge in [-0.05, 0) is 75.4 Å². The third-order valence-electron chi connectivity index (χ3n) is 6.60. The molecule has 4 aromatic rings. The largest absolute Gasteiger partial charge is 0.493 e. The Hall–Kier alpha value is -3.84. The highest BCUT2D eigenvalue weighted by Gasteiger charge is 2.34. The number of hydrogen-bond acceptors (Lipinski definition) is 6. The normalized spacial score (nSPS) is 14.0. The van der Waals surface area contributed by atoms with Crippen LogP contribution in [0.5, 0.6) is 5.75 Å². The molecule has 7 heteroatoms. The molecule has 184 valence electrons. The van der Waals surface area contributed by atoms with E-state index in [9.17, 15) is 14.9 Å². The van der Waals surface area contributed by atoms with E-state index < -0.39 is 11.7 Å². The van der Waals surface area contributed by atoms with Crippen LogP contribution in [0.4, 0.5) is 5.69 Å². The lowest BCUT2D eigenvalue weighted by molar-refractivity contribution is -0.383. The summed E-state index contributed by atoms with van der Waals surface area (Å²) in [4.78, 5) is 29.7. The number of nitrogens with zero attached hydrogens (tertiary/aromatic N) is 2. The van der Waals surface area contributed by atoms with Crippen molar-refractivity contribution in [2.24, 2.45) is 0 Å². The van der Waals surface area contributed by atoms with E-state index in [-0.39, 0.29) is 16.4 Å². The molecule has 0 bridgehead atoms. The van der Waals surface area contributed by atoms with Crippen LogP contribution in [0, 0.1) is 17.0 Å². The van der Waals surface area contributed by atoms with Crippen LogP contribution < -0.4 is 4.74 Å². The molecule has 0 spiro atoms. The molecule has 0 N–H and O–H groups in total. The van der Waals surface area contributed by atoms with E-state index in [1.807, 2.05) is 51.1 Å². The summed E-state index contributed by atoms with van der Waals surface area (Å²) in [6, 6.07) is 13.1. The number of ether oxygens (including phenoxy) is 2. The van der Waals surface area contributed by atoms with E-state index in [0.717, 1.165) is 39.8 Å². The van der Waals surface area contributed by atoms with Crippen LogP contribution in [0.1, 0.15) is 50.5 Å². The third kappa shape index (κ3) is 3.89. The molecule has 1 aromatic heterocycles. The topological polar surface area (TPSA) is 91.6 Å². The highest BCUT2D eigenvalue weighted by Crippen LogP contribution is 2.48. The maximum atomic E-state index is 13.1. The molecule has 0 radical (unpaired) electrons. The number of fused-ring (bicyclic) bond motifs is 1. The third-order valence-corrected chi connectivity index (χ3v) is 6.60. The van der Waals surface area contributed by atoms with Gasteiger partial charge in [0.25, 0.3) is 5.69 Å². The number of rotatable bonds is 5. The first-order chi connectivity index (χ1) is 17.1. The molecular formula is C29H28N2O5. The summed E-state index contributed by atoms with van der Waals surface area (Å²) < 4.78 is 12.2. The van der Waals surface area contributed by atoms with Crippen molar-refractivity contribution in [3.05, 3.63) is 75.5 Å². The van der Waals surface area contributed by atoms with Gasteiger partial charge in [-0.1, -0.05) is 18.2 Å². The van der Waals surface area contributed by atoms with E-state index in [1.165, 1.54) is 6.92 Å². The molecule has 0 saturated carbocycles. The molecule has 3 aromatic carbocycles. The number of hydrogen-bond donors (Lipinski definition) is 0. The Kier molecular flexibility index (Phi) is 5.75. The quantitative estimate of drug-likeness (QED) is 0.233. The van der Waals surface area contributed by atoms with Crippen LogP contribution >= 0.6 is 0 Å². The van der Waals surface area contributed by atoms with Crippen LogP contribution in [-0.2, 0) is 16.0 Å². The minimum absolute atomic E-state index is 0.0212. The van der Waals surface area contributed by atoms with Crippen molar-refractivity contribution in [2.45, 2.75) is 52.7 Å². The monoisotopic (exact) mass is 484 g/mol. The van der Waals surface area contributed by atoms with Crippen LogP contribution in [0.25, 0.3) is 32.8 Å². The Bertz CT molecular complexity index is 1540. The van der Waals surface area contributed by atoms with Gasteiger partial charge in [-0.15, -0.1) is 0 Å². The smallest absolute Gasteiger partial charge is 0.280 e. The fraction of sp³-hybridized carbons (Fsp3) is 0.310. The van der Waals surface area contributed by atoms with Gasteiger partial charge < -0.3 is 9.47 Å². The minimum Gasteiger partial charge on any atom is -0.493 e. The van der Waals surface area contributed by atoms with Crippen molar-refractivity contribution < 1.29 is 19.2 Å². The van der Waals surface area contributed by atoms with Crippen LogP contribution in [0.2, 0.25) is 0 Å². The Balaban J connectivity index is 1.98. The SMILES string of the molecule is CC(=O)[C@@H](OC(C)(C)C)c1c(C)c([N+](=O)[O-])c2ccccc2c1-c1ccc2c3c(ccnc13)CCO2. The molecule has 0 fully saturated rings. The van der Waals surface area contributed by atoms with Gasteiger partial charge in [0.05, 0.1) is 28.0 Å². The Morgan fingerprint density at radius 1 is 1.14 bits per heavy atom. The predicted molar refractivity (Wildman–Crippen MR) is 140 cm³/mol. The predicted octanol–water partition coefficient (Wildman–Crippen LogP) is 6.65. The van der Waals surface area contributed by atoms with Gasteiger partial charge in [-0.2, -0.15) is 0 Å². The van der Waals surface area contributed by atoms with Gasteiger partial charge in [-0.3, -0.25) is 19.9 Å². The van der Waals surface area contributed by atoms with Crippen molar-refractivity contribution >= 4 is 33.1 Å². The lowest BCUT2D eigenvalue weighted by Crippen LogP contribution is -2.27. The molecule has 1 atom stereocenters. The second-order valence-electron chi connectivity index (χ2n) is 10.2. The van der Waals surface area contributed by atoms with E-state index in [0.29, 0.717) is 28.5 Å². The van der Waals surface area contributed by atoms with Gasteiger partial charge in [0.15, 0.2) is 5.78 Å². The highest BCUT2D eigenvalue weighted by atomic mass is 16.6. The van der Waals surface area contributed by atoms with E-state index >= 15 is 0 Å². The number of nitro groups is 1. The van der Waals surface area contributed by atoms with Gasteiger partial charge in [0.2, 0.25) is 0 Å². The van der Waals surface area contributed by atoms with Crippen molar-refractivity contribution in [3.63, 3.8) is 0 Å². The lowest BCUT2D eigenvalue weighted by Gasteiger charge is -2.30. The number of carbonyl (C=O) groups excluding carboxylic acids is 1. The number of aromatic nitrogens is 1. The Morgan fingerprint density at radius 3 is 2.53 bits per heavy atom. The first-order valence-corrected chi connectivity index (χ1v) is 12.0. The molecule has 5 rings (SSSR count). The Labute approximate surface area is 209 Å². The van der Waals surface area contributed by atoms with Crippen LogP contribution in [-0.4, -0.2) is 27.9 Å². The van der Waals surface area contributed by atoms with E-state index in [1.54, 1.807) is 25.3 Å². The summed E-state index contributed by atoms with van der Waals surface area (Å²) in [6.07, 6.45) is 1.56. The number of benzene rings is 3. The zero-order chi connectivity index (χ0) is 25.8. The van der Waals surface area contributed by atoms with Crippen molar-refractivity contribution in [1.29, 1.82) is 0 Å². The molecule has 36 heavy (non-hydrogen) atoms. The molecule has 1 aliphatic heterocycles. The van der Waals surface area contributed by atoms with Gasteiger partial charge in [0.1, 0.15) is 11.9 Å². The lowest BCUT2D eigenvalue weighted by atomic mass is 9.84. The number of Topliss-reactive ketones (excluding diaryl/α,β-unsaturated/α-hetero) is 1. The molecular weight excluding hydrogens is 456 g/mol. The molecule has 0 aliphatic carbocycles. The maximum Gasteiger partial charge on any atom is 0.280 e. The second-order valence-corrected chi connectivity index (χ2v) is 10.2. The number of carbonyl (C=O) groups is 1. The summed E-state index contributed by atoms with van der Waals surface area (Å²) in [5, 5.41) is 14.4. The molecule has 7 nitrogen and oxygen atoms in total. The van der Waals surface area contributed by atoms with Crippen molar-refractivity contribution in [1.82, 2.24) is 4.98 Å². The number of nitro benzene ring substituents is 1. The molecule has 0 saturated heterocycles. The van der Waals surface area contributed by atoms with Crippen molar-refractivity contribution in [3.8, 4) is 16.9 Å². The van der Waals surface area contributed by atoms with E-state index in [2.05, 4.69) is 0 Å². The minimum atomic E-state index is -0.995. The van der Waals surface area contributed by atoms with Crippen molar-refractivity contribution in [2.75, 3.05) is 6.61 Å². The summed E-state index contributed by atoms with van der Waals surface area (Å²) >= 11 is 0. The van der Waals surface area contributed by atoms with E-state index in [4.69, 9.17) is 14.5 Å². The van der Waals surface area contributed by atoms with Gasteiger partial charge in [0, 0.05) is 34.7 Å².